The number of piperidine rings is 1. The van der Waals surface area contributed by atoms with Crippen molar-refractivity contribution in [1.82, 2.24) is 10.2 Å². The Morgan fingerprint density at radius 2 is 1.71 bits per heavy atom. The van der Waals surface area contributed by atoms with Crippen LogP contribution >= 0.6 is 11.6 Å². The molecule has 3 fully saturated rings. The number of ether oxygens (including phenoxy) is 1. The van der Waals surface area contributed by atoms with Crippen LogP contribution in [0.25, 0.3) is 0 Å². The van der Waals surface area contributed by atoms with Gasteiger partial charge in [0.15, 0.2) is 0 Å². The molecule has 3 aliphatic rings. The number of anilines is 1. The van der Waals surface area contributed by atoms with Crippen LogP contribution in [0.4, 0.5) is 10.1 Å². The van der Waals surface area contributed by atoms with Gasteiger partial charge in [0.25, 0.3) is 5.91 Å². The molecule has 9 heteroatoms. The molecule has 2 aromatic rings. The van der Waals surface area contributed by atoms with Gasteiger partial charge in [0.2, 0.25) is 5.78 Å². The van der Waals surface area contributed by atoms with Crippen molar-refractivity contribution in [1.29, 1.82) is 0 Å². The fourth-order valence-corrected chi connectivity index (χ4v) is 5.57. The third-order valence-electron chi connectivity index (χ3n) is 7.75. The summed E-state index contributed by atoms with van der Waals surface area (Å²) in [5, 5.41) is 14.6. The van der Waals surface area contributed by atoms with Crippen molar-refractivity contribution in [3.63, 3.8) is 0 Å². The predicted molar refractivity (Wildman–Crippen MR) is 144 cm³/mol. The summed E-state index contributed by atoms with van der Waals surface area (Å²) in [6.45, 7) is 3.46. The largest absolute Gasteiger partial charge is 0.489 e. The molecule has 2 heterocycles. The number of ketones is 1. The molecular formula is C29H35ClFN3O4. The van der Waals surface area contributed by atoms with E-state index in [-0.39, 0.29) is 17.8 Å². The Labute approximate surface area is 227 Å². The van der Waals surface area contributed by atoms with Crippen LogP contribution in [0.2, 0.25) is 5.02 Å². The molecule has 7 nitrogen and oxygen atoms in total. The Morgan fingerprint density at radius 3 is 2.34 bits per heavy atom. The summed E-state index contributed by atoms with van der Waals surface area (Å²) >= 11 is 6.43. The van der Waals surface area contributed by atoms with E-state index in [1.807, 2.05) is 0 Å². The molecule has 0 radical (unpaired) electrons. The number of nitrogens with zero attached hydrogens (tertiary/aromatic N) is 2. The highest BCUT2D eigenvalue weighted by Gasteiger charge is 2.33. The normalized spacial score (nSPS) is 20.2. The first-order valence-electron chi connectivity index (χ1n) is 13.6. The summed E-state index contributed by atoms with van der Waals surface area (Å²) in [5.74, 6) is -1.19. The molecule has 2 aliphatic heterocycles. The van der Waals surface area contributed by atoms with Crippen LogP contribution in [0.5, 0.6) is 5.75 Å². The molecule has 1 saturated carbocycles. The number of carbonyl (C=O) groups is 2. The van der Waals surface area contributed by atoms with Gasteiger partial charge in [0.1, 0.15) is 17.7 Å². The molecule has 38 heavy (non-hydrogen) atoms. The highest BCUT2D eigenvalue weighted by Crippen LogP contribution is 2.34. The predicted octanol–water partition coefficient (Wildman–Crippen LogP) is 4.12. The van der Waals surface area contributed by atoms with E-state index in [9.17, 15) is 19.1 Å². The quantitative estimate of drug-likeness (QED) is 0.439. The highest BCUT2D eigenvalue weighted by atomic mass is 35.5. The molecule has 0 bridgehead atoms. The van der Waals surface area contributed by atoms with Crippen molar-refractivity contribution in [2.45, 2.75) is 56.8 Å². The highest BCUT2D eigenvalue weighted by molar-refractivity contribution is 6.37. The summed E-state index contributed by atoms with van der Waals surface area (Å²) in [6.07, 6.45) is 4.44. The van der Waals surface area contributed by atoms with Crippen molar-refractivity contribution < 1.29 is 23.8 Å². The maximum Gasteiger partial charge on any atom is 0.288 e. The summed E-state index contributed by atoms with van der Waals surface area (Å²) in [7, 11) is 0. The van der Waals surface area contributed by atoms with E-state index in [0.29, 0.717) is 48.8 Å². The number of aliphatic hydroxyl groups excluding tert-OH is 1. The van der Waals surface area contributed by atoms with Crippen molar-refractivity contribution >= 4 is 29.0 Å². The zero-order valence-electron chi connectivity index (χ0n) is 21.5. The standard InChI is InChI=1S/C29H35ClFN3O4/c30-24-17-20(3-10-26(24)38-23-8-9-23)27(35)25(18-33-13-1-2-14-33)32-29(37)28(36)19-11-15-34(16-12-19)22-6-4-21(31)5-7-22/h3-7,10,17,19,23,25,27,35H,1-2,8-9,11-16,18H2,(H,32,37). The average molecular weight is 544 g/mol. The Kier molecular flexibility index (Phi) is 8.51. The molecule has 2 unspecified atom stereocenters. The molecule has 0 spiro atoms. The van der Waals surface area contributed by atoms with Crippen molar-refractivity contribution in [2.24, 2.45) is 5.92 Å². The zero-order chi connectivity index (χ0) is 26.6. The number of nitrogens with one attached hydrogen (secondary N) is 1. The molecule has 1 aliphatic carbocycles. The second-order valence-corrected chi connectivity index (χ2v) is 11.0. The lowest BCUT2D eigenvalue weighted by molar-refractivity contribution is -0.141. The first-order chi connectivity index (χ1) is 18.4. The second kappa shape index (κ2) is 12.0. The molecule has 2 N–H and O–H groups in total. The minimum absolute atomic E-state index is 0.207. The minimum Gasteiger partial charge on any atom is -0.489 e. The van der Waals surface area contributed by atoms with Crippen LogP contribution in [0, 0.1) is 11.7 Å². The number of likely N-dealkylation sites (tertiary alicyclic amines) is 1. The average Bonchev–Trinajstić information content (AvgIpc) is 3.60. The third kappa shape index (κ3) is 6.65. The van der Waals surface area contributed by atoms with Gasteiger partial charge < -0.3 is 25.0 Å². The fourth-order valence-electron chi connectivity index (χ4n) is 5.34. The molecule has 0 aromatic heterocycles. The molecular weight excluding hydrogens is 509 g/mol. The van der Waals surface area contributed by atoms with E-state index in [1.54, 1.807) is 30.3 Å². The summed E-state index contributed by atoms with van der Waals surface area (Å²) < 4.78 is 19.1. The number of halogens is 2. The molecule has 2 atom stereocenters. The smallest absolute Gasteiger partial charge is 0.288 e. The lowest BCUT2D eigenvalue weighted by Crippen LogP contribution is -2.50. The van der Waals surface area contributed by atoms with Gasteiger partial charge in [-0.25, -0.2) is 4.39 Å². The van der Waals surface area contributed by atoms with Crippen LogP contribution in [0.1, 0.15) is 50.2 Å². The van der Waals surface area contributed by atoms with E-state index in [2.05, 4.69) is 15.1 Å². The van der Waals surface area contributed by atoms with Gasteiger partial charge in [-0.05, 0) is 93.6 Å². The first-order valence-corrected chi connectivity index (χ1v) is 14.0. The summed E-state index contributed by atoms with van der Waals surface area (Å²) in [4.78, 5) is 30.5. The number of hydrogen-bond donors (Lipinski definition) is 2. The fraction of sp³-hybridized carbons (Fsp3) is 0.517. The van der Waals surface area contributed by atoms with Gasteiger partial charge in [0.05, 0.1) is 17.2 Å². The maximum atomic E-state index is 13.3. The van der Waals surface area contributed by atoms with Crippen LogP contribution in [-0.4, -0.2) is 66.6 Å². The lowest BCUT2D eigenvalue weighted by Gasteiger charge is -2.33. The Hall–Kier alpha value is -2.68. The number of rotatable bonds is 10. The van der Waals surface area contributed by atoms with Crippen LogP contribution < -0.4 is 15.0 Å². The van der Waals surface area contributed by atoms with E-state index >= 15 is 0 Å². The summed E-state index contributed by atoms with van der Waals surface area (Å²) in [6, 6.07) is 10.9. The van der Waals surface area contributed by atoms with Crippen LogP contribution in [0.3, 0.4) is 0 Å². The Bertz CT molecular complexity index is 1130. The molecule has 1 amide bonds. The number of carbonyl (C=O) groups excluding carboxylic acids is 2. The van der Waals surface area contributed by atoms with Crippen molar-refractivity contribution in [3.05, 3.63) is 58.9 Å². The monoisotopic (exact) mass is 543 g/mol. The van der Waals surface area contributed by atoms with Gasteiger partial charge >= 0.3 is 0 Å². The Balaban J connectivity index is 1.22. The van der Waals surface area contributed by atoms with Gasteiger partial charge in [-0.15, -0.1) is 0 Å². The SMILES string of the molecule is O=C(NC(CN1CCCC1)C(O)c1ccc(OC2CC2)c(Cl)c1)C(=O)C1CCN(c2ccc(F)cc2)CC1. The number of amides is 1. The number of benzene rings is 2. The third-order valence-corrected chi connectivity index (χ3v) is 8.04. The van der Waals surface area contributed by atoms with Gasteiger partial charge in [-0.2, -0.15) is 0 Å². The first kappa shape index (κ1) is 26.9. The number of aliphatic hydroxyl groups is 1. The van der Waals surface area contributed by atoms with Gasteiger partial charge in [-0.1, -0.05) is 17.7 Å². The van der Waals surface area contributed by atoms with Crippen molar-refractivity contribution in [3.8, 4) is 5.75 Å². The molecule has 2 saturated heterocycles. The molecule has 5 rings (SSSR count). The van der Waals surface area contributed by atoms with E-state index in [4.69, 9.17) is 16.3 Å². The molecule has 2 aromatic carbocycles. The number of hydrogen-bond acceptors (Lipinski definition) is 6. The number of Topliss-reactive ketones (excluding diaryl/α,β-unsaturated/α-hetero) is 1. The zero-order valence-corrected chi connectivity index (χ0v) is 22.2. The second-order valence-electron chi connectivity index (χ2n) is 10.6. The topological polar surface area (TPSA) is 82.1 Å². The van der Waals surface area contributed by atoms with Gasteiger partial charge in [-0.3, -0.25) is 9.59 Å². The minimum atomic E-state index is -1.03. The van der Waals surface area contributed by atoms with Crippen LogP contribution in [-0.2, 0) is 9.59 Å². The molecule has 204 valence electrons. The van der Waals surface area contributed by atoms with Crippen molar-refractivity contribution in [2.75, 3.05) is 37.6 Å². The lowest BCUT2D eigenvalue weighted by atomic mass is 9.91. The van der Waals surface area contributed by atoms with Gasteiger partial charge in [0, 0.05) is 31.2 Å². The Morgan fingerprint density at radius 1 is 1.03 bits per heavy atom. The van der Waals surface area contributed by atoms with E-state index < -0.39 is 23.8 Å². The van der Waals surface area contributed by atoms with Crippen LogP contribution in [0.15, 0.2) is 42.5 Å². The maximum absolute atomic E-state index is 13.3. The van der Waals surface area contributed by atoms with E-state index in [1.165, 1.54) is 12.1 Å². The summed E-state index contributed by atoms with van der Waals surface area (Å²) in [5.41, 5.74) is 1.48. The van der Waals surface area contributed by atoms with E-state index in [0.717, 1.165) is 44.5 Å².